The number of aliphatic imine (C=N–C) groups is 1. The molecule has 0 aliphatic carbocycles. The van der Waals surface area contributed by atoms with Crippen molar-refractivity contribution < 1.29 is 48.9 Å². The molecule has 0 aromatic carbocycles. The molecule has 1 aromatic heterocycles. The Morgan fingerprint density at radius 1 is 0.755 bits per heavy atom. The van der Waals surface area contributed by atoms with Gasteiger partial charge in [-0.3, -0.25) is 33.8 Å². The van der Waals surface area contributed by atoms with Crippen molar-refractivity contribution in [3.63, 3.8) is 0 Å². The minimum Gasteiger partial charge on any atom is -0.481 e. The van der Waals surface area contributed by atoms with E-state index in [2.05, 4.69) is 41.5 Å². The third-order valence-electron chi connectivity index (χ3n) is 7.67. The second-order valence-corrected chi connectivity index (χ2v) is 13.4. The number of nitrogens with two attached hydrogens (primary N) is 3. The smallest absolute Gasteiger partial charge is 0.328 e. The molecule has 0 unspecified atom stereocenters. The molecular formula is C32H55N11O10. The number of carboxylic acid groups (broad SMARTS) is 2. The summed E-state index contributed by atoms with van der Waals surface area (Å²) in [5.74, 6) is -7.21. The van der Waals surface area contributed by atoms with Crippen LogP contribution >= 0.6 is 0 Å². The summed E-state index contributed by atoms with van der Waals surface area (Å²) >= 11 is 0. The highest BCUT2D eigenvalue weighted by Gasteiger charge is 2.33. The average molecular weight is 754 g/mol. The summed E-state index contributed by atoms with van der Waals surface area (Å²) in [4.78, 5) is 100. The summed E-state index contributed by atoms with van der Waals surface area (Å²) in [5, 5.41) is 40.3. The van der Waals surface area contributed by atoms with Gasteiger partial charge >= 0.3 is 11.9 Å². The van der Waals surface area contributed by atoms with Crippen molar-refractivity contribution >= 4 is 47.4 Å². The number of hydrogen-bond donors (Lipinski definition) is 12. The van der Waals surface area contributed by atoms with E-state index in [4.69, 9.17) is 17.2 Å². The van der Waals surface area contributed by atoms with Crippen LogP contribution < -0.4 is 43.8 Å². The van der Waals surface area contributed by atoms with Gasteiger partial charge in [0.2, 0.25) is 29.5 Å². The van der Waals surface area contributed by atoms with Crippen LogP contribution in [-0.4, -0.2) is 122 Å². The topological polar surface area (TPSA) is 359 Å². The highest BCUT2D eigenvalue weighted by molar-refractivity contribution is 5.96. The number of imidazole rings is 1. The van der Waals surface area contributed by atoms with E-state index in [1.54, 1.807) is 0 Å². The molecule has 1 rings (SSSR count). The standard InChI is InChI=1S/C32H55N11O10/c1-16(2)10-19(33)26(47)41-22(11-17(3)4)29(50)39-20(6-5-9-37-32(34)35)27(48)40-21(7-8-25(45)46)28(49)42-23(12-18-13-36-15-38-18)30(51)43-24(14-44)31(52)53/h13,15-17,19-24,44H,5-12,14,33H2,1-4H3,(H,36,38)(H,39,50)(H,40,48)(H,41,47)(H,42,49)(H,43,51)(H,45,46)(H,52,53)(H4,34,35,37)/t19-,20-,21-,22-,23-,24-/m0/s1. The normalized spacial score (nSPS) is 14.5. The Labute approximate surface area is 307 Å². The maximum absolute atomic E-state index is 13.8. The van der Waals surface area contributed by atoms with Crippen molar-refractivity contribution in [3.05, 3.63) is 18.2 Å². The van der Waals surface area contributed by atoms with Gasteiger partial charge in [0.1, 0.15) is 30.2 Å². The molecule has 0 fully saturated rings. The summed E-state index contributed by atoms with van der Waals surface area (Å²) in [6.45, 7) is 6.55. The number of nitrogens with one attached hydrogen (secondary N) is 6. The summed E-state index contributed by atoms with van der Waals surface area (Å²) in [6.07, 6.45) is 2.04. The SMILES string of the molecule is CC(C)C[C@H](NC(=O)[C@@H](N)CC(C)C)C(=O)N[C@@H](CCCN=C(N)N)C(=O)N[C@@H](CCC(=O)O)C(=O)N[C@@H](Cc1cnc[nH]1)C(=O)N[C@@H](CO)C(=O)O. The van der Waals surface area contributed by atoms with Gasteiger partial charge in [-0.1, -0.05) is 27.7 Å². The molecule has 0 aliphatic rings. The highest BCUT2D eigenvalue weighted by atomic mass is 16.4. The molecule has 0 aliphatic heterocycles. The number of hydrogen-bond acceptors (Lipinski definition) is 11. The van der Waals surface area contributed by atoms with Crippen molar-refractivity contribution in [1.82, 2.24) is 36.6 Å². The Hall–Kier alpha value is -5.31. The maximum atomic E-state index is 13.8. The number of guanidine groups is 1. The van der Waals surface area contributed by atoms with E-state index in [-0.39, 0.29) is 50.0 Å². The van der Waals surface area contributed by atoms with Crippen LogP contribution in [0.2, 0.25) is 0 Å². The number of aliphatic carboxylic acids is 2. The van der Waals surface area contributed by atoms with Crippen molar-refractivity contribution in [2.45, 2.75) is 109 Å². The molecule has 15 N–H and O–H groups in total. The quantitative estimate of drug-likeness (QED) is 0.0266. The summed E-state index contributed by atoms with van der Waals surface area (Å²) in [6, 6.07) is -8.06. The van der Waals surface area contributed by atoms with Crippen molar-refractivity contribution in [1.29, 1.82) is 0 Å². The molecular weight excluding hydrogens is 698 g/mol. The highest BCUT2D eigenvalue weighted by Crippen LogP contribution is 2.10. The average Bonchev–Trinajstić information content (AvgIpc) is 3.58. The first-order valence-electron chi connectivity index (χ1n) is 17.2. The summed E-state index contributed by atoms with van der Waals surface area (Å²) in [5.41, 5.74) is 17.2. The first kappa shape index (κ1) is 45.7. The first-order chi connectivity index (χ1) is 24.8. The molecule has 21 heteroatoms. The second kappa shape index (κ2) is 23.3. The number of carbonyl (C=O) groups is 7. The molecule has 6 atom stereocenters. The third-order valence-corrected chi connectivity index (χ3v) is 7.67. The van der Waals surface area contributed by atoms with Crippen molar-refractivity contribution in [2.24, 2.45) is 34.0 Å². The Balaban J connectivity index is 3.38. The zero-order valence-corrected chi connectivity index (χ0v) is 30.5. The lowest BCUT2D eigenvalue weighted by molar-refractivity contribution is -0.143. The van der Waals surface area contributed by atoms with E-state index in [9.17, 15) is 48.9 Å². The van der Waals surface area contributed by atoms with Gasteiger partial charge in [-0.05, 0) is 43.9 Å². The summed E-state index contributed by atoms with van der Waals surface area (Å²) < 4.78 is 0. The fourth-order valence-corrected chi connectivity index (χ4v) is 5.01. The molecule has 21 nitrogen and oxygen atoms in total. The van der Waals surface area contributed by atoms with Crippen molar-refractivity contribution in [2.75, 3.05) is 13.2 Å². The number of amides is 5. The molecule has 0 bridgehead atoms. The zero-order chi connectivity index (χ0) is 40.2. The number of aromatic nitrogens is 2. The number of aliphatic hydroxyl groups is 1. The molecule has 53 heavy (non-hydrogen) atoms. The molecule has 0 saturated heterocycles. The van der Waals surface area contributed by atoms with Crippen LogP contribution in [0.1, 0.15) is 71.9 Å². The maximum Gasteiger partial charge on any atom is 0.328 e. The van der Waals surface area contributed by atoms with E-state index in [1.165, 1.54) is 12.5 Å². The van der Waals surface area contributed by atoms with Gasteiger partial charge in [0.25, 0.3) is 0 Å². The fraction of sp³-hybridized carbons (Fsp3) is 0.656. The number of rotatable bonds is 25. The molecule has 0 radical (unpaired) electrons. The Morgan fingerprint density at radius 3 is 1.75 bits per heavy atom. The van der Waals surface area contributed by atoms with Gasteiger partial charge in [-0.2, -0.15) is 0 Å². The number of nitrogens with zero attached hydrogens (tertiary/aromatic N) is 2. The molecule has 298 valence electrons. The van der Waals surface area contributed by atoms with Crippen LogP contribution in [-0.2, 0) is 40.0 Å². The van der Waals surface area contributed by atoms with Gasteiger partial charge in [-0.25, -0.2) is 9.78 Å². The Bertz CT molecular complexity index is 1400. The fourth-order valence-electron chi connectivity index (χ4n) is 5.01. The molecule has 5 amide bonds. The predicted molar refractivity (Wildman–Crippen MR) is 190 cm³/mol. The lowest BCUT2D eigenvalue weighted by atomic mass is 10.00. The van der Waals surface area contributed by atoms with Gasteiger partial charge in [0, 0.05) is 31.3 Å². The van der Waals surface area contributed by atoms with Gasteiger partial charge < -0.3 is 64.1 Å². The lowest BCUT2D eigenvalue weighted by Gasteiger charge is -2.27. The van der Waals surface area contributed by atoms with Crippen LogP contribution in [0.3, 0.4) is 0 Å². The zero-order valence-electron chi connectivity index (χ0n) is 30.5. The number of carboxylic acids is 2. The number of aromatic amines is 1. The van der Waals surface area contributed by atoms with E-state index < -0.39 is 97.2 Å². The molecule has 0 spiro atoms. The van der Waals surface area contributed by atoms with E-state index in [1.807, 2.05) is 27.7 Å². The van der Waals surface area contributed by atoms with Crippen LogP contribution in [0, 0.1) is 11.8 Å². The van der Waals surface area contributed by atoms with E-state index in [0.717, 1.165) is 0 Å². The first-order valence-corrected chi connectivity index (χ1v) is 17.2. The van der Waals surface area contributed by atoms with E-state index in [0.29, 0.717) is 12.1 Å². The lowest BCUT2D eigenvalue weighted by Crippen LogP contribution is -2.59. The van der Waals surface area contributed by atoms with Crippen LogP contribution in [0.15, 0.2) is 17.5 Å². The van der Waals surface area contributed by atoms with Gasteiger partial charge in [0.05, 0.1) is 19.0 Å². The number of aliphatic hydroxyl groups excluding tert-OH is 1. The van der Waals surface area contributed by atoms with Gasteiger partial charge in [-0.15, -0.1) is 0 Å². The van der Waals surface area contributed by atoms with Gasteiger partial charge in [0.15, 0.2) is 5.96 Å². The predicted octanol–water partition coefficient (Wildman–Crippen LogP) is -3.21. The number of H-pyrrole nitrogens is 1. The third kappa shape index (κ3) is 18.1. The minimum atomic E-state index is -1.70. The molecule has 1 aromatic rings. The van der Waals surface area contributed by atoms with Crippen LogP contribution in [0.25, 0.3) is 0 Å². The van der Waals surface area contributed by atoms with Crippen molar-refractivity contribution in [3.8, 4) is 0 Å². The molecule has 1 heterocycles. The Morgan fingerprint density at radius 2 is 1.26 bits per heavy atom. The monoisotopic (exact) mass is 753 g/mol. The number of carbonyl (C=O) groups excluding carboxylic acids is 5. The Kier molecular flexibility index (Phi) is 20.1. The summed E-state index contributed by atoms with van der Waals surface area (Å²) in [7, 11) is 0. The van der Waals surface area contributed by atoms with Crippen LogP contribution in [0.4, 0.5) is 0 Å². The largest absolute Gasteiger partial charge is 0.481 e. The second-order valence-electron chi connectivity index (χ2n) is 13.4. The minimum absolute atomic E-state index is 0.0561. The van der Waals surface area contributed by atoms with E-state index >= 15 is 0 Å². The van der Waals surface area contributed by atoms with Crippen LogP contribution in [0.5, 0.6) is 0 Å². The molecule has 0 saturated carbocycles.